The van der Waals surface area contributed by atoms with Crippen molar-refractivity contribution >= 4 is 12.0 Å². The number of amides is 2. The Morgan fingerprint density at radius 2 is 2.00 bits per heavy atom. The Kier molecular flexibility index (Phi) is 6.25. The topological polar surface area (TPSA) is 93.7 Å². The van der Waals surface area contributed by atoms with E-state index < -0.39 is 5.97 Å². The SMILES string of the molecule is O=C(NCCCN1CCNCC1)NC1CCC(C(=O)O)C1. The van der Waals surface area contributed by atoms with Gasteiger partial charge in [0.25, 0.3) is 0 Å². The van der Waals surface area contributed by atoms with Crippen LogP contribution in [0.15, 0.2) is 0 Å². The van der Waals surface area contributed by atoms with Crippen LogP contribution in [0.1, 0.15) is 25.7 Å². The van der Waals surface area contributed by atoms with Gasteiger partial charge in [-0.05, 0) is 32.2 Å². The summed E-state index contributed by atoms with van der Waals surface area (Å²) in [6.45, 7) is 5.90. The van der Waals surface area contributed by atoms with Gasteiger partial charge >= 0.3 is 12.0 Å². The fourth-order valence-electron chi connectivity index (χ4n) is 3.01. The average Bonchev–Trinajstić information content (AvgIpc) is 2.93. The van der Waals surface area contributed by atoms with Crippen LogP contribution in [-0.2, 0) is 4.79 Å². The van der Waals surface area contributed by atoms with E-state index in [-0.39, 0.29) is 18.0 Å². The largest absolute Gasteiger partial charge is 0.481 e. The van der Waals surface area contributed by atoms with Crippen molar-refractivity contribution in [1.29, 1.82) is 0 Å². The minimum absolute atomic E-state index is 0.000677. The van der Waals surface area contributed by atoms with E-state index in [1.165, 1.54) is 0 Å². The lowest BCUT2D eigenvalue weighted by Crippen LogP contribution is -2.45. The van der Waals surface area contributed by atoms with Crippen LogP contribution in [0.5, 0.6) is 0 Å². The van der Waals surface area contributed by atoms with Gasteiger partial charge in [0.2, 0.25) is 0 Å². The molecule has 2 rings (SSSR count). The Morgan fingerprint density at radius 1 is 1.24 bits per heavy atom. The van der Waals surface area contributed by atoms with Crippen molar-refractivity contribution in [2.45, 2.75) is 31.7 Å². The van der Waals surface area contributed by atoms with Crippen LogP contribution in [0.4, 0.5) is 4.79 Å². The van der Waals surface area contributed by atoms with Gasteiger partial charge in [0.15, 0.2) is 0 Å². The van der Waals surface area contributed by atoms with Crippen molar-refractivity contribution in [2.24, 2.45) is 5.92 Å². The second-order valence-corrected chi connectivity index (χ2v) is 5.89. The van der Waals surface area contributed by atoms with Gasteiger partial charge in [-0.15, -0.1) is 0 Å². The predicted molar refractivity (Wildman–Crippen MR) is 79.2 cm³/mol. The van der Waals surface area contributed by atoms with Crippen LogP contribution in [0.2, 0.25) is 0 Å². The van der Waals surface area contributed by atoms with E-state index in [2.05, 4.69) is 20.9 Å². The highest BCUT2D eigenvalue weighted by Crippen LogP contribution is 2.25. The average molecular weight is 298 g/mol. The Morgan fingerprint density at radius 3 is 2.67 bits per heavy atom. The predicted octanol–water partition coefficient (Wildman–Crippen LogP) is -0.166. The van der Waals surface area contributed by atoms with E-state index in [1.807, 2.05) is 0 Å². The normalized spacial score (nSPS) is 26.5. The summed E-state index contributed by atoms with van der Waals surface area (Å²) in [6, 6.07) is -0.175. The molecule has 0 spiro atoms. The number of nitrogens with zero attached hydrogens (tertiary/aromatic N) is 1. The third kappa shape index (κ3) is 5.51. The Bertz CT molecular complexity index is 358. The van der Waals surface area contributed by atoms with Crippen molar-refractivity contribution in [3.63, 3.8) is 0 Å². The minimum Gasteiger partial charge on any atom is -0.481 e. The minimum atomic E-state index is -0.754. The van der Waals surface area contributed by atoms with Gasteiger partial charge in [-0.1, -0.05) is 0 Å². The number of nitrogens with one attached hydrogen (secondary N) is 3. The molecule has 2 unspecified atom stereocenters. The first-order valence-corrected chi connectivity index (χ1v) is 7.85. The lowest BCUT2D eigenvalue weighted by atomic mass is 10.1. The lowest BCUT2D eigenvalue weighted by Gasteiger charge is -2.27. The van der Waals surface area contributed by atoms with Crippen molar-refractivity contribution in [3.05, 3.63) is 0 Å². The number of carboxylic acids is 1. The molecule has 0 aromatic heterocycles. The molecule has 21 heavy (non-hydrogen) atoms. The summed E-state index contributed by atoms with van der Waals surface area (Å²) in [5, 5.41) is 18.0. The maximum atomic E-state index is 11.7. The Balaban J connectivity index is 1.52. The zero-order valence-corrected chi connectivity index (χ0v) is 12.4. The van der Waals surface area contributed by atoms with E-state index in [0.29, 0.717) is 19.4 Å². The number of urea groups is 1. The molecule has 1 aliphatic carbocycles. The first-order valence-electron chi connectivity index (χ1n) is 7.85. The van der Waals surface area contributed by atoms with Gasteiger partial charge in [-0.3, -0.25) is 4.79 Å². The third-order valence-corrected chi connectivity index (χ3v) is 4.26. The molecule has 0 radical (unpaired) electrons. The molecule has 2 fully saturated rings. The summed E-state index contributed by atoms with van der Waals surface area (Å²) >= 11 is 0. The molecule has 2 amide bonds. The molecule has 4 N–H and O–H groups in total. The standard InChI is InChI=1S/C14H26N4O3/c19-13(20)11-2-3-12(10-11)17-14(21)16-4-1-7-18-8-5-15-6-9-18/h11-12,15H,1-10H2,(H,19,20)(H2,16,17,21). The Hall–Kier alpha value is -1.34. The second kappa shape index (κ2) is 8.19. The fraction of sp³-hybridized carbons (Fsp3) is 0.857. The summed E-state index contributed by atoms with van der Waals surface area (Å²) in [4.78, 5) is 25.0. The van der Waals surface area contributed by atoms with Gasteiger partial charge in [0.1, 0.15) is 0 Å². The molecule has 0 bridgehead atoms. The highest BCUT2D eigenvalue weighted by molar-refractivity contribution is 5.75. The lowest BCUT2D eigenvalue weighted by molar-refractivity contribution is -0.141. The van der Waals surface area contributed by atoms with Gasteiger partial charge in [0, 0.05) is 38.8 Å². The van der Waals surface area contributed by atoms with Crippen molar-refractivity contribution in [1.82, 2.24) is 20.9 Å². The maximum Gasteiger partial charge on any atom is 0.315 e. The molecule has 1 saturated carbocycles. The van der Waals surface area contributed by atoms with E-state index >= 15 is 0 Å². The van der Waals surface area contributed by atoms with Crippen molar-refractivity contribution in [2.75, 3.05) is 39.3 Å². The molecular formula is C14H26N4O3. The fourth-order valence-corrected chi connectivity index (χ4v) is 3.01. The van der Waals surface area contributed by atoms with Gasteiger partial charge in [-0.2, -0.15) is 0 Å². The third-order valence-electron chi connectivity index (χ3n) is 4.26. The number of hydrogen-bond donors (Lipinski definition) is 4. The molecule has 1 aliphatic heterocycles. The number of carbonyl (C=O) groups is 2. The molecule has 1 saturated heterocycles. The van der Waals surface area contributed by atoms with Crippen molar-refractivity contribution < 1.29 is 14.7 Å². The quantitative estimate of drug-likeness (QED) is 0.511. The smallest absolute Gasteiger partial charge is 0.315 e. The van der Waals surface area contributed by atoms with E-state index in [1.54, 1.807) is 0 Å². The summed E-state index contributed by atoms with van der Waals surface area (Å²) in [5.74, 6) is -1.06. The van der Waals surface area contributed by atoms with Gasteiger partial charge < -0.3 is 26.0 Å². The monoisotopic (exact) mass is 298 g/mol. The van der Waals surface area contributed by atoms with E-state index in [0.717, 1.165) is 45.6 Å². The molecule has 2 aliphatic rings. The zero-order chi connectivity index (χ0) is 15.1. The summed E-state index contributed by atoms with van der Waals surface area (Å²) < 4.78 is 0. The molecule has 2 atom stereocenters. The van der Waals surface area contributed by atoms with Crippen LogP contribution in [0, 0.1) is 5.92 Å². The van der Waals surface area contributed by atoms with Gasteiger partial charge in [-0.25, -0.2) is 4.79 Å². The van der Waals surface area contributed by atoms with Crippen LogP contribution in [-0.4, -0.2) is 67.3 Å². The Labute approximate surface area is 125 Å². The van der Waals surface area contributed by atoms with Crippen molar-refractivity contribution in [3.8, 4) is 0 Å². The van der Waals surface area contributed by atoms with Crippen LogP contribution >= 0.6 is 0 Å². The van der Waals surface area contributed by atoms with E-state index in [9.17, 15) is 9.59 Å². The maximum absolute atomic E-state index is 11.7. The molecule has 0 aromatic carbocycles. The highest BCUT2D eigenvalue weighted by Gasteiger charge is 2.30. The first-order chi connectivity index (χ1) is 10.1. The summed E-state index contributed by atoms with van der Waals surface area (Å²) in [5.41, 5.74) is 0. The first kappa shape index (κ1) is 16.0. The summed E-state index contributed by atoms with van der Waals surface area (Å²) in [7, 11) is 0. The number of carbonyl (C=O) groups excluding carboxylic acids is 1. The highest BCUT2D eigenvalue weighted by atomic mass is 16.4. The number of carboxylic acid groups (broad SMARTS) is 1. The van der Waals surface area contributed by atoms with Crippen LogP contribution < -0.4 is 16.0 Å². The number of aliphatic carboxylic acids is 1. The molecule has 7 heteroatoms. The molecule has 0 aromatic rings. The van der Waals surface area contributed by atoms with Gasteiger partial charge in [0.05, 0.1) is 5.92 Å². The van der Waals surface area contributed by atoms with Crippen LogP contribution in [0.25, 0.3) is 0 Å². The second-order valence-electron chi connectivity index (χ2n) is 5.89. The summed E-state index contributed by atoms with van der Waals surface area (Å²) in [6.07, 6.45) is 2.90. The number of rotatable bonds is 6. The number of hydrogen-bond acceptors (Lipinski definition) is 4. The molecular weight excluding hydrogens is 272 g/mol. The zero-order valence-electron chi connectivity index (χ0n) is 12.4. The number of piperazine rings is 1. The van der Waals surface area contributed by atoms with E-state index in [4.69, 9.17) is 5.11 Å². The molecule has 7 nitrogen and oxygen atoms in total. The molecule has 1 heterocycles. The molecule has 120 valence electrons. The van der Waals surface area contributed by atoms with Crippen LogP contribution in [0.3, 0.4) is 0 Å².